The second-order valence-corrected chi connectivity index (χ2v) is 14.3. The van der Waals surface area contributed by atoms with Crippen molar-refractivity contribution in [3.05, 3.63) is 109 Å². The van der Waals surface area contributed by atoms with Crippen LogP contribution in [0.25, 0.3) is 22.3 Å². The SMILES string of the molecule is C=C(C)C(=O)OCCC1CCC(C2CCC(c3cc(OC(=O)C(=C)CO)ccc3-c3ccc(-c4ccc(OC(=O)C(=C)C)cc4)cc3)CC2)CC1. The van der Waals surface area contributed by atoms with Gasteiger partial charge in [0.05, 0.1) is 18.8 Å². The predicted octanol–water partition coefficient (Wildman–Crippen LogP) is 9.55. The van der Waals surface area contributed by atoms with E-state index in [1.54, 1.807) is 26.0 Å². The van der Waals surface area contributed by atoms with Gasteiger partial charge >= 0.3 is 17.9 Å². The van der Waals surface area contributed by atoms with E-state index in [1.165, 1.54) is 25.7 Å². The molecule has 0 radical (unpaired) electrons. The Morgan fingerprint density at radius 2 is 1.16 bits per heavy atom. The smallest absolute Gasteiger partial charge is 0.341 e. The summed E-state index contributed by atoms with van der Waals surface area (Å²) in [5.41, 5.74) is 6.20. The second-order valence-electron chi connectivity index (χ2n) is 14.3. The van der Waals surface area contributed by atoms with Crippen molar-refractivity contribution in [2.24, 2.45) is 17.8 Å². The van der Waals surface area contributed by atoms with Gasteiger partial charge in [-0.15, -0.1) is 0 Å². The van der Waals surface area contributed by atoms with Crippen LogP contribution in [-0.4, -0.2) is 36.2 Å². The molecule has 2 aliphatic carbocycles. The van der Waals surface area contributed by atoms with Crippen molar-refractivity contribution in [3.63, 3.8) is 0 Å². The first-order chi connectivity index (χ1) is 24.5. The van der Waals surface area contributed by atoms with Crippen LogP contribution in [0.15, 0.2) is 103 Å². The summed E-state index contributed by atoms with van der Waals surface area (Å²) in [5.74, 6) is 1.92. The van der Waals surface area contributed by atoms with E-state index in [1.807, 2.05) is 30.3 Å². The van der Waals surface area contributed by atoms with E-state index in [9.17, 15) is 19.5 Å². The molecule has 0 atom stereocenters. The summed E-state index contributed by atoms with van der Waals surface area (Å²) in [5, 5.41) is 9.39. The van der Waals surface area contributed by atoms with Crippen LogP contribution in [0.3, 0.4) is 0 Å². The summed E-state index contributed by atoms with van der Waals surface area (Å²) >= 11 is 0. The van der Waals surface area contributed by atoms with Crippen LogP contribution in [0.4, 0.5) is 0 Å². The molecule has 2 fully saturated rings. The lowest BCUT2D eigenvalue weighted by atomic mass is 9.67. The predicted molar refractivity (Wildman–Crippen MR) is 200 cm³/mol. The number of carbonyl (C=O) groups is 3. The quantitative estimate of drug-likeness (QED) is 0.108. The summed E-state index contributed by atoms with van der Waals surface area (Å²) in [4.78, 5) is 36.1. The molecule has 2 saturated carbocycles. The molecule has 0 heterocycles. The zero-order valence-corrected chi connectivity index (χ0v) is 30.0. The van der Waals surface area contributed by atoms with Gasteiger partial charge in [-0.3, -0.25) is 0 Å². The van der Waals surface area contributed by atoms with Crippen LogP contribution in [0, 0.1) is 17.8 Å². The highest BCUT2D eigenvalue weighted by Gasteiger charge is 2.32. The molecule has 3 aromatic rings. The first-order valence-electron chi connectivity index (χ1n) is 18.1. The van der Waals surface area contributed by atoms with E-state index >= 15 is 0 Å². The largest absolute Gasteiger partial charge is 0.462 e. The zero-order valence-electron chi connectivity index (χ0n) is 30.0. The second kappa shape index (κ2) is 17.5. The van der Waals surface area contributed by atoms with Gasteiger partial charge < -0.3 is 19.3 Å². The lowest BCUT2D eigenvalue weighted by molar-refractivity contribution is -0.139. The van der Waals surface area contributed by atoms with E-state index in [0.29, 0.717) is 47.0 Å². The number of rotatable bonds is 13. The van der Waals surface area contributed by atoms with E-state index in [2.05, 4.69) is 44.0 Å². The maximum atomic E-state index is 12.5. The van der Waals surface area contributed by atoms with Gasteiger partial charge in [0.1, 0.15) is 11.5 Å². The molecule has 0 amide bonds. The summed E-state index contributed by atoms with van der Waals surface area (Å²) in [6, 6.07) is 21.7. The summed E-state index contributed by atoms with van der Waals surface area (Å²) in [6.45, 7) is 14.2. The highest BCUT2D eigenvalue weighted by atomic mass is 16.5. The van der Waals surface area contributed by atoms with Gasteiger partial charge in [0, 0.05) is 11.1 Å². The van der Waals surface area contributed by atoms with Crippen LogP contribution < -0.4 is 9.47 Å². The number of aliphatic hydroxyl groups excluding tert-OH is 1. The maximum Gasteiger partial charge on any atom is 0.341 e. The summed E-state index contributed by atoms with van der Waals surface area (Å²) in [7, 11) is 0. The third-order valence-electron chi connectivity index (χ3n) is 10.5. The Morgan fingerprint density at radius 3 is 1.73 bits per heavy atom. The fraction of sp³-hybridized carbons (Fsp3) is 0.386. The molecule has 268 valence electrons. The number of hydrogen-bond acceptors (Lipinski definition) is 7. The average molecular weight is 691 g/mol. The van der Waals surface area contributed by atoms with Gasteiger partial charge in [-0.2, -0.15) is 0 Å². The highest BCUT2D eigenvalue weighted by Crippen LogP contribution is 2.46. The normalized spacial score (nSPS) is 20.1. The molecule has 51 heavy (non-hydrogen) atoms. The molecule has 0 bridgehead atoms. The third kappa shape index (κ3) is 9.95. The summed E-state index contributed by atoms with van der Waals surface area (Å²) in [6.07, 6.45) is 10.2. The van der Waals surface area contributed by atoms with Gasteiger partial charge in [-0.1, -0.05) is 75.0 Å². The fourth-order valence-electron chi connectivity index (χ4n) is 7.49. The molecule has 0 spiro atoms. The Morgan fingerprint density at radius 1 is 0.647 bits per heavy atom. The first-order valence-corrected chi connectivity index (χ1v) is 18.1. The molecule has 0 aromatic heterocycles. The molecular weight excluding hydrogens is 640 g/mol. The third-order valence-corrected chi connectivity index (χ3v) is 10.5. The van der Waals surface area contributed by atoms with Gasteiger partial charge in [0.25, 0.3) is 0 Å². The number of aliphatic hydroxyl groups is 1. The maximum absolute atomic E-state index is 12.5. The molecule has 5 rings (SSSR count). The lowest BCUT2D eigenvalue weighted by Gasteiger charge is -2.38. The standard InChI is InChI=1S/C44H50O7/c1-28(2)42(46)49-25-24-31-6-8-32(9-7-31)33-12-16-37(17-13-33)41-26-39(51-44(48)30(5)27-45)22-23-40(41)36-14-10-34(11-15-36)35-18-20-38(21-19-35)50-43(47)29(3)4/h10-11,14-15,18-23,26,31-33,37,45H,1,3,5-9,12-13,16-17,24-25,27H2,2,4H3. The molecule has 0 unspecified atom stereocenters. The number of esters is 3. The Kier molecular flexibility index (Phi) is 12.8. The van der Waals surface area contributed by atoms with Crippen LogP contribution in [0.1, 0.15) is 83.1 Å². The minimum atomic E-state index is -0.630. The molecule has 3 aromatic carbocycles. The van der Waals surface area contributed by atoms with Crippen molar-refractivity contribution in [1.29, 1.82) is 0 Å². The molecule has 2 aliphatic rings. The van der Waals surface area contributed by atoms with Crippen molar-refractivity contribution in [3.8, 4) is 33.8 Å². The summed E-state index contributed by atoms with van der Waals surface area (Å²) < 4.78 is 16.3. The van der Waals surface area contributed by atoms with Gasteiger partial charge in [-0.05, 0) is 135 Å². The molecular formula is C44H50O7. The minimum absolute atomic E-state index is 0.0151. The zero-order chi connectivity index (χ0) is 36.5. The lowest BCUT2D eigenvalue weighted by Crippen LogP contribution is -2.26. The topological polar surface area (TPSA) is 99.1 Å². The van der Waals surface area contributed by atoms with Crippen molar-refractivity contribution in [1.82, 2.24) is 0 Å². The van der Waals surface area contributed by atoms with E-state index in [0.717, 1.165) is 65.8 Å². The van der Waals surface area contributed by atoms with Crippen LogP contribution in [-0.2, 0) is 19.1 Å². The van der Waals surface area contributed by atoms with Crippen molar-refractivity contribution < 1.29 is 33.7 Å². The Hall–Kier alpha value is -4.75. The molecule has 1 N–H and O–H groups in total. The molecule has 0 aliphatic heterocycles. The Labute approximate surface area is 302 Å². The van der Waals surface area contributed by atoms with Crippen molar-refractivity contribution in [2.45, 2.75) is 77.6 Å². The van der Waals surface area contributed by atoms with E-state index in [4.69, 9.17) is 14.2 Å². The van der Waals surface area contributed by atoms with Crippen LogP contribution in [0.2, 0.25) is 0 Å². The highest BCUT2D eigenvalue weighted by molar-refractivity contribution is 5.90. The van der Waals surface area contributed by atoms with E-state index < -0.39 is 18.5 Å². The van der Waals surface area contributed by atoms with Gasteiger partial charge in [-0.25, -0.2) is 14.4 Å². The van der Waals surface area contributed by atoms with Crippen LogP contribution >= 0.6 is 0 Å². The van der Waals surface area contributed by atoms with Crippen LogP contribution in [0.5, 0.6) is 11.5 Å². The first kappa shape index (κ1) is 37.5. The van der Waals surface area contributed by atoms with Crippen molar-refractivity contribution in [2.75, 3.05) is 13.2 Å². The van der Waals surface area contributed by atoms with Crippen molar-refractivity contribution >= 4 is 17.9 Å². The molecule has 0 saturated heterocycles. The average Bonchev–Trinajstić information content (AvgIpc) is 3.15. The van der Waals surface area contributed by atoms with Gasteiger partial charge in [0.15, 0.2) is 0 Å². The molecule has 7 nitrogen and oxygen atoms in total. The number of carbonyl (C=O) groups excluding carboxylic acids is 3. The minimum Gasteiger partial charge on any atom is -0.462 e. The van der Waals surface area contributed by atoms with Gasteiger partial charge in [0.2, 0.25) is 0 Å². The molecule has 7 heteroatoms. The van der Waals surface area contributed by atoms with E-state index in [-0.39, 0.29) is 11.5 Å². The fourth-order valence-corrected chi connectivity index (χ4v) is 7.49. The Balaban J connectivity index is 1.26. The number of hydrogen-bond donors (Lipinski definition) is 1. The number of benzene rings is 3. The monoisotopic (exact) mass is 690 g/mol. The number of ether oxygens (including phenoxy) is 3. The Bertz CT molecular complexity index is 1730.